The Hall–Kier alpha value is -4.98. The highest BCUT2D eigenvalue weighted by molar-refractivity contribution is 9.10. The Morgan fingerprint density at radius 3 is 2.44 bits per heavy atom. The first kappa shape index (κ1) is 34.9. The van der Waals surface area contributed by atoms with Crippen LogP contribution in [0.1, 0.15) is 35.2 Å². The molecule has 0 unspecified atom stereocenters. The van der Waals surface area contributed by atoms with Gasteiger partial charge in [0, 0.05) is 22.6 Å². The minimum absolute atomic E-state index is 0.00429. The molecular formula is C37H30BrN3O7S2. The standard InChI is InChI=1S/C37H30BrN3O7S2/c1-4-47-36(43)31-32(24-8-6-5-7-9-24)39-37-40(33(31)25-12-16-27(49-3)17-13-25)35(42)30(50-37)20-23-18-28(38)34(29(19-23)46-2)48-21-22-10-14-26(15-11-22)41(44)45/h5-20,33H,4,21H2,1-3H3/b30-20-/t33-/m1/s1. The molecule has 1 atom stereocenters. The third kappa shape index (κ3) is 7.16. The summed E-state index contributed by atoms with van der Waals surface area (Å²) in [7, 11) is 1.52. The molecule has 0 radical (unpaired) electrons. The SMILES string of the molecule is CCOC(=O)C1=C(c2ccccc2)N=c2s/c(=C\c3cc(Br)c(OCc4ccc([N+](=O)[O-])cc4)c(OC)c3)c(=O)n2[C@@H]1c1ccc(SC)cc1. The fourth-order valence-corrected chi connectivity index (χ4v) is 7.51. The summed E-state index contributed by atoms with van der Waals surface area (Å²) in [5.74, 6) is 0.314. The largest absolute Gasteiger partial charge is 0.493 e. The number of rotatable bonds is 11. The van der Waals surface area contributed by atoms with E-state index in [2.05, 4.69) is 15.9 Å². The van der Waals surface area contributed by atoms with Crippen molar-refractivity contribution in [1.82, 2.24) is 4.57 Å². The number of ether oxygens (including phenoxy) is 3. The second-order valence-electron chi connectivity index (χ2n) is 11.0. The number of non-ortho nitro benzene ring substituents is 1. The smallest absolute Gasteiger partial charge is 0.338 e. The molecule has 13 heteroatoms. The van der Waals surface area contributed by atoms with E-state index in [0.29, 0.717) is 36.6 Å². The molecule has 1 aliphatic rings. The molecule has 10 nitrogen and oxygen atoms in total. The molecule has 5 aromatic rings. The molecule has 0 bridgehead atoms. The van der Waals surface area contributed by atoms with Gasteiger partial charge in [-0.2, -0.15) is 0 Å². The maximum absolute atomic E-state index is 14.3. The van der Waals surface area contributed by atoms with Crippen LogP contribution in [0.2, 0.25) is 0 Å². The Bertz CT molecular complexity index is 2290. The minimum atomic E-state index is -0.782. The number of nitro benzene ring substituents is 1. The number of nitrogens with zero attached hydrogens (tertiary/aromatic N) is 3. The number of thioether (sulfide) groups is 1. The zero-order chi connectivity index (χ0) is 35.4. The number of carbonyl (C=O) groups is 1. The zero-order valence-corrected chi connectivity index (χ0v) is 30.3. The molecule has 4 aromatic carbocycles. The monoisotopic (exact) mass is 771 g/mol. The number of aromatic nitrogens is 1. The van der Waals surface area contributed by atoms with Crippen LogP contribution < -0.4 is 24.4 Å². The second kappa shape index (κ2) is 15.3. The van der Waals surface area contributed by atoms with E-state index in [-0.39, 0.29) is 30.0 Å². The van der Waals surface area contributed by atoms with Gasteiger partial charge in [-0.15, -0.1) is 11.8 Å². The lowest BCUT2D eigenvalue weighted by Crippen LogP contribution is -2.40. The van der Waals surface area contributed by atoms with Crippen molar-refractivity contribution < 1.29 is 23.9 Å². The van der Waals surface area contributed by atoms with Crippen LogP contribution >= 0.6 is 39.0 Å². The van der Waals surface area contributed by atoms with Gasteiger partial charge in [0.25, 0.3) is 11.2 Å². The average Bonchev–Trinajstić information content (AvgIpc) is 3.44. The topological polar surface area (TPSA) is 122 Å². The van der Waals surface area contributed by atoms with Crippen molar-refractivity contribution in [1.29, 1.82) is 0 Å². The van der Waals surface area contributed by atoms with E-state index >= 15 is 0 Å². The molecule has 0 spiro atoms. The number of fused-ring (bicyclic) bond motifs is 1. The van der Waals surface area contributed by atoms with E-state index in [1.54, 1.807) is 47.5 Å². The van der Waals surface area contributed by atoms with Gasteiger partial charge < -0.3 is 14.2 Å². The molecule has 2 heterocycles. The third-order valence-corrected chi connectivity index (χ3v) is 10.2. The number of thiazole rings is 1. The molecule has 0 fully saturated rings. The first-order valence-corrected chi connectivity index (χ1v) is 18.2. The van der Waals surface area contributed by atoms with Gasteiger partial charge in [0.15, 0.2) is 16.3 Å². The Morgan fingerprint density at radius 2 is 1.80 bits per heavy atom. The van der Waals surface area contributed by atoms with Crippen molar-refractivity contribution in [2.75, 3.05) is 20.0 Å². The van der Waals surface area contributed by atoms with Crippen molar-refractivity contribution in [3.8, 4) is 11.5 Å². The number of halogens is 1. The molecule has 0 aliphatic carbocycles. The summed E-state index contributed by atoms with van der Waals surface area (Å²) < 4.78 is 19.8. The highest BCUT2D eigenvalue weighted by Crippen LogP contribution is 2.38. The molecule has 50 heavy (non-hydrogen) atoms. The van der Waals surface area contributed by atoms with Crippen molar-refractivity contribution >= 4 is 62.5 Å². The number of benzene rings is 4. The zero-order valence-electron chi connectivity index (χ0n) is 27.1. The predicted molar refractivity (Wildman–Crippen MR) is 197 cm³/mol. The highest BCUT2D eigenvalue weighted by atomic mass is 79.9. The molecule has 254 valence electrons. The molecule has 0 saturated heterocycles. The summed E-state index contributed by atoms with van der Waals surface area (Å²) in [5, 5.41) is 11.0. The van der Waals surface area contributed by atoms with Crippen LogP contribution in [0.15, 0.2) is 116 Å². The van der Waals surface area contributed by atoms with Gasteiger partial charge in [0.2, 0.25) is 0 Å². The van der Waals surface area contributed by atoms with Crippen molar-refractivity contribution in [2.24, 2.45) is 4.99 Å². The number of nitro groups is 1. The van der Waals surface area contributed by atoms with Crippen molar-refractivity contribution in [2.45, 2.75) is 24.5 Å². The summed E-state index contributed by atoms with van der Waals surface area (Å²) >= 11 is 6.41. The minimum Gasteiger partial charge on any atom is -0.493 e. The fourth-order valence-electron chi connectivity index (χ4n) is 5.53. The molecule has 0 amide bonds. The van der Waals surface area contributed by atoms with Gasteiger partial charge in [-0.3, -0.25) is 19.5 Å². The average molecular weight is 773 g/mol. The van der Waals surface area contributed by atoms with E-state index in [9.17, 15) is 19.7 Å². The summed E-state index contributed by atoms with van der Waals surface area (Å²) in [5.41, 5.74) is 3.31. The van der Waals surface area contributed by atoms with Crippen LogP contribution in [0.4, 0.5) is 5.69 Å². The van der Waals surface area contributed by atoms with Crippen LogP contribution in [-0.2, 0) is 16.1 Å². The highest BCUT2D eigenvalue weighted by Gasteiger charge is 2.35. The van der Waals surface area contributed by atoms with Gasteiger partial charge in [-0.05, 0) is 88.3 Å². The number of carbonyl (C=O) groups excluding carboxylic acids is 1. The molecule has 1 aromatic heterocycles. The van der Waals surface area contributed by atoms with Crippen LogP contribution in [0, 0.1) is 10.1 Å². The van der Waals surface area contributed by atoms with Crippen LogP contribution in [0.3, 0.4) is 0 Å². The third-order valence-electron chi connectivity index (χ3n) is 7.89. The van der Waals surface area contributed by atoms with Gasteiger partial charge in [-0.25, -0.2) is 9.79 Å². The van der Waals surface area contributed by atoms with Crippen molar-refractivity contribution in [3.05, 3.63) is 153 Å². The predicted octanol–water partition coefficient (Wildman–Crippen LogP) is 6.92. The maximum atomic E-state index is 14.3. The molecule has 6 rings (SSSR count). The lowest BCUT2D eigenvalue weighted by molar-refractivity contribution is -0.384. The summed E-state index contributed by atoms with van der Waals surface area (Å²) in [4.78, 5) is 45.0. The van der Waals surface area contributed by atoms with Gasteiger partial charge >= 0.3 is 5.97 Å². The first-order valence-electron chi connectivity index (χ1n) is 15.4. The Kier molecular flexibility index (Phi) is 10.7. The van der Waals surface area contributed by atoms with Crippen molar-refractivity contribution in [3.63, 3.8) is 0 Å². The second-order valence-corrected chi connectivity index (χ2v) is 13.7. The van der Waals surface area contributed by atoms with Gasteiger partial charge in [-0.1, -0.05) is 53.8 Å². The number of hydrogen-bond donors (Lipinski definition) is 0. The van der Waals surface area contributed by atoms with Gasteiger partial charge in [0.1, 0.15) is 6.61 Å². The maximum Gasteiger partial charge on any atom is 0.338 e. The Labute approximate surface area is 303 Å². The lowest BCUT2D eigenvalue weighted by atomic mass is 9.93. The van der Waals surface area contributed by atoms with E-state index in [1.807, 2.05) is 66.9 Å². The number of hydrogen-bond acceptors (Lipinski definition) is 10. The lowest BCUT2D eigenvalue weighted by Gasteiger charge is -2.26. The Balaban J connectivity index is 1.45. The van der Waals surface area contributed by atoms with E-state index in [1.165, 1.54) is 30.6 Å². The van der Waals surface area contributed by atoms with E-state index < -0.39 is 16.9 Å². The summed E-state index contributed by atoms with van der Waals surface area (Å²) in [6, 6.07) is 26.1. The quantitative estimate of drug-likeness (QED) is 0.0615. The van der Waals surface area contributed by atoms with Crippen LogP contribution in [0.25, 0.3) is 11.8 Å². The number of esters is 1. The van der Waals surface area contributed by atoms with E-state index in [0.717, 1.165) is 21.6 Å². The van der Waals surface area contributed by atoms with Crippen LogP contribution in [0.5, 0.6) is 11.5 Å². The molecule has 0 saturated carbocycles. The van der Waals surface area contributed by atoms with Gasteiger partial charge in [0.05, 0.1) is 45.0 Å². The summed E-state index contributed by atoms with van der Waals surface area (Å²) in [6.45, 7) is 2.06. The van der Waals surface area contributed by atoms with Crippen LogP contribution in [-0.4, -0.2) is 35.4 Å². The fraction of sp³-hybridized carbons (Fsp3) is 0.162. The number of methoxy groups -OCH3 is 1. The summed E-state index contributed by atoms with van der Waals surface area (Å²) in [6.07, 6.45) is 3.74. The first-order chi connectivity index (χ1) is 24.2. The Morgan fingerprint density at radius 1 is 1.08 bits per heavy atom. The van der Waals surface area contributed by atoms with E-state index in [4.69, 9.17) is 19.2 Å². The normalized spacial score (nSPS) is 14.2. The molecule has 1 aliphatic heterocycles. The molecule has 0 N–H and O–H groups in total. The molecular weight excluding hydrogens is 742 g/mol.